The Hall–Kier alpha value is -2.84. The van der Waals surface area contributed by atoms with Gasteiger partial charge in [0.05, 0.1) is 0 Å². The lowest BCUT2D eigenvalue weighted by atomic mass is 9.71. The van der Waals surface area contributed by atoms with Gasteiger partial charge >= 0.3 is 7.12 Å². The zero-order valence-electron chi connectivity index (χ0n) is 14.4. The fraction of sp³-hybridized carbons (Fsp3) is 0.0870. The maximum Gasteiger partial charge on any atom is 0.488 e. The Morgan fingerprint density at radius 3 is 2.35 bits per heavy atom. The van der Waals surface area contributed by atoms with Gasteiger partial charge in [-0.05, 0) is 63.9 Å². The molecule has 0 unspecified atom stereocenters. The van der Waals surface area contributed by atoms with E-state index in [0.717, 1.165) is 28.7 Å². The van der Waals surface area contributed by atoms with Gasteiger partial charge < -0.3 is 10.0 Å². The number of benzene rings is 2. The molecule has 0 atom stereocenters. The molecule has 0 aliphatic heterocycles. The minimum absolute atomic E-state index is 0.553. The van der Waals surface area contributed by atoms with Crippen molar-refractivity contribution in [3.05, 3.63) is 112 Å². The molecule has 0 radical (unpaired) electrons. The molecule has 2 aliphatic carbocycles. The number of hydrogen-bond acceptors (Lipinski definition) is 2. The summed E-state index contributed by atoms with van der Waals surface area (Å²) in [5, 5.41) is 19.9. The van der Waals surface area contributed by atoms with Gasteiger partial charge in [-0.15, -0.1) is 5.73 Å². The van der Waals surface area contributed by atoms with Crippen molar-refractivity contribution in [3.63, 3.8) is 0 Å². The maximum absolute atomic E-state index is 9.97. The van der Waals surface area contributed by atoms with Crippen molar-refractivity contribution in [2.45, 2.75) is 12.8 Å². The molecule has 2 aliphatic rings. The summed E-state index contributed by atoms with van der Waals surface area (Å²) in [4.78, 5) is 0. The molecule has 0 spiro atoms. The van der Waals surface area contributed by atoms with Crippen molar-refractivity contribution in [1.29, 1.82) is 0 Å². The minimum Gasteiger partial charge on any atom is -0.423 e. The van der Waals surface area contributed by atoms with E-state index in [1.54, 1.807) is 0 Å². The summed E-state index contributed by atoms with van der Waals surface area (Å²) in [7, 11) is -1.50. The molecule has 0 saturated carbocycles. The highest BCUT2D eigenvalue weighted by Crippen LogP contribution is 2.33. The summed E-state index contributed by atoms with van der Waals surface area (Å²) in [5.41, 5.74) is 10.4. The van der Waals surface area contributed by atoms with Gasteiger partial charge in [-0.3, -0.25) is 0 Å². The largest absolute Gasteiger partial charge is 0.488 e. The molecule has 4 rings (SSSR count). The second-order valence-electron chi connectivity index (χ2n) is 6.50. The molecular weight excluding hydrogens is 319 g/mol. The van der Waals surface area contributed by atoms with Gasteiger partial charge in [0.1, 0.15) is 0 Å². The third-order valence-electron chi connectivity index (χ3n) is 4.90. The third-order valence-corrected chi connectivity index (χ3v) is 4.90. The van der Waals surface area contributed by atoms with Crippen LogP contribution in [0.3, 0.4) is 0 Å². The van der Waals surface area contributed by atoms with Crippen LogP contribution in [0.15, 0.2) is 90.2 Å². The molecule has 2 nitrogen and oxygen atoms in total. The first-order valence-corrected chi connectivity index (χ1v) is 8.79. The van der Waals surface area contributed by atoms with E-state index < -0.39 is 7.12 Å². The molecule has 0 fully saturated rings. The quantitative estimate of drug-likeness (QED) is 0.607. The van der Waals surface area contributed by atoms with Gasteiger partial charge in [0, 0.05) is 0 Å². The lowest BCUT2D eigenvalue weighted by Crippen LogP contribution is -2.16. The molecule has 0 heterocycles. The number of allylic oxidation sites excluding steroid dienone is 6. The van der Waals surface area contributed by atoms with Crippen LogP contribution in [0.4, 0.5) is 0 Å². The highest BCUT2D eigenvalue weighted by Gasteiger charge is 2.21. The van der Waals surface area contributed by atoms with Crippen molar-refractivity contribution < 1.29 is 10.0 Å². The fourth-order valence-corrected chi connectivity index (χ4v) is 3.64. The SMILES string of the molecule is OB(O)/C1=C/CC2=C(C=CC=C=C2)c2ccccc2Cc2ccccc21. The number of hydrogen-bond donors (Lipinski definition) is 2. The Morgan fingerprint density at radius 2 is 1.58 bits per heavy atom. The highest BCUT2D eigenvalue weighted by molar-refractivity contribution is 6.65. The van der Waals surface area contributed by atoms with Crippen LogP contribution in [0.2, 0.25) is 0 Å². The monoisotopic (exact) mass is 338 g/mol. The van der Waals surface area contributed by atoms with Crippen molar-refractivity contribution in [2.75, 3.05) is 0 Å². The normalized spacial score (nSPS) is 17.5. The molecule has 0 aromatic heterocycles. The Labute approximate surface area is 154 Å². The van der Waals surface area contributed by atoms with Gasteiger partial charge in [0.15, 0.2) is 0 Å². The van der Waals surface area contributed by atoms with Crippen LogP contribution in [0.25, 0.3) is 11.0 Å². The third kappa shape index (κ3) is 3.16. The molecule has 0 bridgehead atoms. The van der Waals surface area contributed by atoms with Crippen LogP contribution in [0.1, 0.15) is 28.7 Å². The molecule has 2 N–H and O–H groups in total. The molecule has 0 amide bonds. The standard InChI is InChI=1S/C23H19BO2/c25-24(26)23-15-14-17-8-2-1-3-11-20(17)21-12-6-4-9-18(21)16-19-10-5-7-13-22(19)23/h1,3-13,15,25-26H,14,16H2/b23-15+. The van der Waals surface area contributed by atoms with Crippen molar-refractivity contribution in [3.8, 4) is 0 Å². The summed E-state index contributed by atoms with van der Waals surface area (Å²) in [6.07, 6.45) is 11.3. The predicted octanol–water partition coefficient (Wildman–Crippen LogP) is 4.11. The van der Waals surface area contributed by atoms with Gasteiger partial charge in [-0.25, -0.2) is 0 Å². The molecule has 26 heavy (non-hydrogen) atoms. The van der Waals surface area contributed by atoms with Gasteiger partial charge in [-0.1, -0.05) is 66.8 Å². The summed E-state index contributed by atoms with van der Waals surface area (Å²) in [5.74, 6) is 0. The van der Waals surface area contributed by atoms with E-state index in [-0.39, 0.29) is 0 Å². The first-order valence-electron chi connectivity index (χ1n) is 8.79. The Bertz CT molecular complexity index is 1000. The number of fused-ring (bicyclic) bond motifs is 3. The molecule has 0 saturated heterocycles. The average Bonchev–Trinajstić information content (AvgIpc) is 2.89. The molecular formula is C23H19BO2. The first-order chi connectivity index (χ1) is 12.7. The van der Waals surface area contributed by atoms with Crippen LogP contribution in [-0.2, 0) is 6.42 Å². The van der Waals surface area contributed by atoms with Crippen LogP contribution >= 0.6 is 0 Å². The molecule has 2 aromatic rings. The topological polar surface area (TPSA) is 40.5 Å². The van der Waals surface area contributed by atoms with Crippen molar-refractivity contribution >= 4 is 18.2 Å². The predicted molar refractivity (Wildman–Crippen MR) is 107 cm³/mol. The average molecular weight is 338 g/mol. The van der Waals surface area contributed by atoms with E-state index in [1.807, 2.05) is 42.5 Å². The summed E-state index contributed by atoms with van der Waals surface area (Å²) in [6, 6.07) is 16.4. The van der Waals surface area contributed by atoms with Gasteiger partial charge in [-0.2, -0.15) is 0 Å². The van der Waals surface area contributed by atoms with Gasteiger partial charge in [0.2, 0.25) is 0 Å². The highest BCUT2D eigenvalue weighted by atomic mass is 16.4. The number of rotatable bonds is 1. The zero-order valence-corrected chi connectivity index (χ0v) is 14.4. The maximum atomic E-state index is 9.97. The van der Waals surface area contributed by atoms with Crippen molar-refractivity contribution in [2.24, 2.45) is 0 Å². The summed E-state index contributed by atoms with van der Waals surface area (Å²) < 4.78 is 0. The van der Waals surface area contributed by atoms with Crippen LogP contribution < -0.4 is 0 Å². The lowest BCUT2D eigenvalue weighted by Gasteiger charge is -2.19. The Kier molecular flexibility index (Phi) is 4.60. The molecule has 126 valence electrons. The molecule has 2 aromatic carbocycles. The van der Waals surface area contributed by atoms with Crippen LogP contribution in [-0.4, -0.2) is 17.2 Å². The fourth-order valence-electron chi connectivity index (χ4n) is 3.64. The van der Waals surface area contributed by atoms with E-state index in [0.29, 0.717) is 11.9 Å². The van der Waals surface area contributed by atoms with Gasteiger partial charge in [0.25, 0.3) is 0 Å². The Morgan fingerprint density at radius 1 is 0.885 bits per heavy atom. The van der Waals surface area contributed by atoms with E-state index >= 15 is 0 Å². The second kappa shape index (κ2) is 7.19. The first kappa shape index (κ1) is 16.6. The smallest absolute Gasteiger partial charge is 0.423 e. The van der Waals surface area contributed by atoms with Crippen LogP contribution in [0, 0.1) is 0 Å². The van der Waals surface area contributed by atoms with Crippen molar-refractivity contribution in [1.82, 2.24) is 0 Å². The lowest BCUT2D eigenvalue weighted by molar-refractivity contribution is 0.427. The summed E-state index contributed by atoms with van der Waals surface area (Å²) in [6.45, 7) is 0. The van der Waals surface area contributed by atoms with E-state index in [2.05, 4.69) is 42.1 Å². The van der Waals surface area contributed by atoms with E-state index in [9.17, 15) is 10.0 Å². The van der Waals surface area contributed by atoms with E-state index in [1.165, 1.54) is 11.1 Å². The van der Waals surface area contributed by atoms with Crippen LogP contribution in [0.5, 0.6) is 0 Å². The summed E-state index contributed by atoms with van der Waals surface area (Å²) >= 11 is 0. The van der Waals surface area contributed by atoms with E-state index in [4.69, 9.17) is 0 Å². The second-order valence-corrected chi connectivity index (χ2v) is 6.50. The minimum atomic E-state index is -1.50. The molecule has 3 heteroatoms. The zero-order chi connectivity index (χ0) is 17.9. The Balaban J connectivity index is 1.99.